The molecule has 0 atom stereocenters. The SMILES string of the molecule is Cc1cc(C)nc(Sc2ccc(/C(N)=N/O)cc2)n1. The number of aryl methyl sites for hydroxylation is 2. The third kappa shape index (κ3) is 3.45. The van der Waals surface area contributed by atoms with Crippen molar-refractivity contribution in [3.8, 4) is 0 Å². The van der Waals surface area contributed by atoms with Crippen molar-refractivity contribution in [2.45, 2.75) is 23.9 Å². The molecule has 0 amide bonds. The smallest absolute Gasteiger partial charge is 0.192 e. The first-order valence-corrected chi connectivity index (χ1v) is 6.48. The van der Waals surface area contributed by atoms with E-state index in [0.29, 0.717) is 10.7 Å². The van der Waals surface area contributed by atoms with E-state index in [1.165, 1.54) is 11.8 Å². The highest BCUT2D eigenvalue weighted by atomic mass is 32.2. The normalized spacial score (nSPS) is 11.6. The molecule has 3 N–H and O–H groups in total. The van der Waals surface area contributed by atoms with E-state index in [9.17, 15) is 0 Å². The van der Waals surface area contributed by atoms with E-state index in [4.69, 9.17) is 10.9 Å². The van der Waals surface area contributed by atoms with Gasteiger partial charge in [-0.15, -0.1) is 0 Å². The highest BCUT2D eigenvalue weighted by Crippen LogP contribution is 2.25. The molecule has 2 aromatic rings. The second-order valence-electron chi connectivity index (χ2n) is 4.04. The van der Waals surface area contributed by atoms with Gasteiger partial charge >= 0.3 is 0 Å². The predicted octanol–water partition coefficient (Wildman–Crippen LogP) is 2.34. The minimum Gasteiger partial charge on any atom is -0.409 e. The zero-order valence-corrected chi connectivity index (χ0v) is 11.5. The van der Waals surface area contributed by atoms with Gasteiger partial charge in [0.05, 0.1) is 0 Å². The highest BCUT2D eigenvalue weighted by Gasteiger charge is 2.04. The Morgan fingerprint density at radius 2 is 1.74 bits per heavy atom. The first-order valence-electron chi connectivity index (χ1n) is 5.66. The van der Waals surface area contributed by atoms with E-state index < -0.39 is 0 Å². The second-order valence-corrected chi connectivity index (χ2v) is 5.09. The molecule has 0 fully saturated rings. The van der Waals surface area contributed by atoms with Crippen LogP contribution >= 0.6 is 11.8 Å². The molecule has 1 aromatic heterocycles. The first-order chi connectivity index (χ1) is 9.08. The monoisotopic (exact) mass is 274 g/mol. The minimum absolute atomic E-state index is 0.0965. The zero-order chi connectivity index (χ0) is 13.8. The Bertz CT molecular complexity index is 590. The summed E-state index contributed by atoms with van der Waals surface area (Å²) in [6, 6.07) is 9.30. The van der Waals surface area contributed by atoms with E-state index in [0.717, 1.165) is 16.3 Å². The van der Waals surface area contributed by atoms with Crippen molar-refractivity contribution in [2.75, 3.05) is 0 Å². The minimum atomic E-state index is 0.0965. The fourth-order valence-electron chi connectivity index (χ4n) is 1.60. The molecule has 2 rings (SSSR count). The lowest BCUT2D eigenvalue weighted by molar-refractivity contribution is 0.318. The number of amidine groups is 1. The van der Waals surface area contributed by atoms with Gasteiger partial charge in [-0.1, -0.05) is 17.3 Å². The fourth-order valence-corrected chi connectivity index (χ4v) is 2.46. The van der Waals surface area contributed by atoms with Crippen molar-refractivity contribution in [2.24, 2.45) is 10.9 Å². The van der Waals surface area contributed by atoms with Crippen LogP contribution in [0.4, 0.5) is 0 Å². The van der Waals surface area contributed by atoms with Crippen molar-refractivity contribution in [3.05, 3.63) is 47.3 Å². The Kier molecular flexibility index (Phi) is 4.01. The van der Waals surface area contributed by atoms with E-state index in [1.807, 2.05) is 32.0 Å². The molecule has 0 spiro atoms. The lowest BCUT2D eigenvalue weighted by Crippen LogP contribution is -2.12. The molecule has 0 saturated carbocycles. The van der Waals surface area contributed by atoms with E-state index in [-0.39, 0.29) is 5.84 Å². The topological polar surface area (TPSA) is 84.4 Å². The number of hydrogen-bond donors (Lipinski definition) is 2. The lowest BCUT2D eigenvalue weighted by Gasteiger charge is -2.04. The van der Waals surface area contributed by atoms with E-state index >= 15 is 0 Å². The second kappa shape index (κ2) is 5.71. The van der Waals surface area contributed by atoms with Gasteiger partial charge in [-0.25, -0.2) is 9.97 Å². The van der Waals surface area contributed by atoms with Crippen LogP contribution in [0.25, 0.3) is 0 Å². The Morgan fingerprint density at radius 1 is 1.16 bits per heavy atom. The van der Waals surface area contributed by atoms with Crippen LogP contribution in [-0.2, 0) is 0 Å². The first kappa shape index (κ1) is 13.4. The number of rotatable bonds is 3. The summed E-state index contributed by atoms with van der Waals surface area (Å²) < 4.78 is 0. The standard InChI is InChI=1S/C13H14N4OS/c1-8-7-9(2)16-13(15-8)19-11-5-3-10(4-6-11)12(14)17-18/h3-7,18H,1-2H3,(H2,14,17). The number of benzene rings is 1. The van der Waals surface area contributed by atoms with Crippen LogP contribution in [0.1, 0.15) is 17.0 Å². The van der Waals surface area contributed by atoms with E-state index in [1.54, 1.807) is 12.1 Å². The van der Waals surface area contributed by atoms with Crippen LogP contribution in [0.3, 0.4) is 0 Å². The maximum Gasteiger partial charge on any atom is 0.192 e. The summed E-state index contributed by atoms with van der Waals surface area (Å²) in [5.41, 5.74) is 8.07. The van der Waals surface area contributed by atoms with Gasteiger partial charge in [-0.3, -0.25) is 0 Å². The van der Waals surface area contributed by atoms with Gasteiger partial charge < -0.3 is 10.9 Å². The molecule has 0 radical (unpaired) electrons. The summed E-state index contributed by atoms with van der Waals surface area (Å²) in [4.78, 5) is 9.73. The number of oxime groups is 1. The van der Waals surface area contributed by atoms with Gasteiger partial charge in [0.25, 0.3) is 0 Å². The Balaban J connectivity index is 2.19. The average Bonchev–Trinajstić information content (AvgIpc) is 2.37. The van der Waals surface area contributed by atoms with Crippen LogP contribution < -0.4 is 5.73 Å². The number of nitrogens with zero attached hydrogens (tertiary/aromatic N) is 3. The van der Waals surface area contributed by atoms with Crippen molar-refractivity contribution in [1.29, 1.82) is 0 Å². The average molecular weight is 274 g/mol. The van der Waals surface area contributed by atoms with Gasteiger partial charge in [0.1, 0.15) is 0 Å². The third-order valence-corrected chi connectivity index (χ3v) is 3.30. The van der Waals surface area contributed by atoms with Gasteiger partial charge in [-0.2, -0.15) is 0 Å². The van der Waals surface area contributed by atoms with Crippen molar-refractivity contribution in [3.63, 3.8) is 0 Å². The van der Waals surface area contributed by atoms with E-state index in [2.05, 4.69) is 15.1 Å². The molecule has 0 aliphatic heterocycles. The fraction of sp³-hybridized carbons (Fsp3) is 0.154. The van der Waals surface area contributed by atoms with Crippen LogP contribution in [0, 0.1) is 13.8 Å². The molecule has 1 aromatic carbocycles. The lowest BCUT2D eigenvalue weighted by atomic mass is 10.2. The molecular weight excluding hydrogens is 260 g/mol. The van der Waals surface area contributed by atoms with Crippen LogP contribution in [-0.4, -0.2) is 21.0 Å². The van der Waals surface area contributed by atoms with Crippen LogP contribution in [0.5, 0.6) is 0 Å². The number of aromatic nitrogens is 2. The molecular formula is C13H14N4OS. The van der Waals surface area contributed by atoms with Crippen LogP contribution in [0.15, 0.2) is 45.5 Å². The van der Waals surface area contributed by atoms with Crippen LogP contribution in [0.2, 0.25) is 0 Å². The Morgan fingerprint density at radius 3 is 2.26 bits per heavy atom. The molecule has 19 heavy (non-hydrogen) atoms. The maximum absolute atomic E-state index is 8.59. The maximum atomic E-state index is 8.59. The van der Waals surface area contributed by atoms with Gasteiger partial charge in [-0.05, 0) is 43.8 Å². The number of nitrogens with two attached hydrogens (primary N) is 1. The summed E-state index contributed by atoms with van der Waals surface area (Å²) in [7, 11) is 0. The third-order valence-electron chi connectivity index (χ3n) is 2.43. The summed E-state index contributed by atoms with van der Waals surface area (Å²) in [6.07, 6.45) is 0. The molecule has 0 unspecified atom stereocenters. The predicted molar refractivity (Wildman–Crippen MR) is 74.6 cm³/mol. The highest BCUT2D eigenvalue weighted by molar-refractivity contribution is 7.99. The van der Waals surface area contributed by atoms with Gasteiger partial charge in [0.2, 0.25) is 0 Å². The molecule has 5 nitrogen and oxygen atoms in total. The number of hydrogen-bond acceptors (Lipinski definition) is 5. The van der Waals surface area contributed by atoms with Crippen molar-refractivity contribution < 1.29 is 5.21 Å². The molecule has 0 aliphatic rings. The Labute approximate surface area is 115 Å². The molecule has 0 saturated heterocycles. The summed E-state index contributed by atoms with van der Waals surface area (Å²) in [5.74, 6) is 0.0965. The molecule has 98 valence electrons. The largest absolute Gasteiger partial charge is 0.409 e. The van der Waals surface area contributed by atoms with Gasteiger partial charge in [0, 0.05) is 21.8 Å². The quantitative estimate of drug-likeness (QED) is 0.295. The zero-order valence-electron chi connectivity index (χ0n) is 10.7. The Hall–Kier alpha value is -2.08. The molecule has 0 aliphatic carbocycles. The summed E-state index contributed by atoms with van der Waals surface area (Å²) in [5, 5.41) is 12.3. The van der Waals surface area contributed by atoms with Crippen molar-refractivity contribution in [1.82, 2.24) is 9.97 Å². The molecule has 0 bridgehead atoms. The summed E-state index contributed by atoms with van der Waals surface area (Å²) >= 11 is 1.48. The summed E-state index contributed by atoms with van der Waals surface area (Å²) in [6.45, 7) is 3.89. The molecule has 6 heteroatoms. The molecule has 1 heterocycles. The van der Waals surface area contributed by atoms with Crippen molar-refractivity contribution >= 4 is 17.6 Å². The van der Waals surface area contributed by atoms with Gasteiger partial charge in [0.15, 0.2) is 11.0 Å².